The van der Waals surface area contributed by atoms with Crippen LogP contribution < -0.4 is 9.47 Å². The molecule has 2 aromatic rings. The van der Waals surface area contributed by atoms with Crippen molar-refractivity contribution in [3.63, 3.8) is 0 Å². The number of aliphatic hydroxyl groups is 1. The summed E-state index contributed by atoms with van der Waals surface area (Å²) in [5.74, 6) is 1.52. The third kappa shape index (κ3) is 3.19. The van der Waals surface area contributed by atoms with Crippen molar-refractivity contribution in [2.45, 2.75) is 32.0 Å². The number of aryl methyl sites for hydroxylation is 1. The molecule has 1 atom stereocenters. The molecule has 0 saturated heterocycles. The van der Waals surface area contributed by atoms with E-state index in [1.807, 2.05) is 49.4 Å². The highest BCUT2D eigenvalue weighted by molar-refractivity contribution is 5.44. The minimum absolute atomic E-state index is 0.353. The summed E-state index contributed by atoms with van der Waals surface area (Å²) >= 11 is 0. The zero-order valence-corrected chi connectivity index (χ0v) is 12.4. The Labute approximate surface area is 125 Å². The lowest BCUT2D eigenvalue weighted by Gasteiger charge is -2.16. The first-order valence-electron chi connectivity index (χ1n) is 7.26. The summed E-state index contributed by atoms with van der Waals surface area (Å²) in [5.41, 5.74) is 2.69. The standard InChI is InChI=1S/C18H20O3/c1-12-6-9-16(17(10-12)20-2)18(19)13-4-3-5-15(11-13)21-14-7-8-14/h3-6,9-11,14,18-19H,7-8H2,1-2H3. The van der Waals surface area contributed by atoms with Crippen LogP contribution in [-0.2, 0) is 0 Å². The van der Waals surface area contributed by atoms with E-state index in [9.17, 15) is 5.11 Å². The molecule has 110 valence electrons. The van der Waals surface area contributed by atoms with Gasteiger partial charge in [0.15, 0.2) is 0 Å². The van der Waals surface area contributed by atoms with Gasteiger partial charge in [0.05, 0.1) is 13.2 Å². The first-order valence-corrected chi connectivity index (χ1v) is 7.26. The van der Waals surface area contributed by atoms with Gasteiger partial charge in [-0.05, 0) is 49.1 Å². The smallest absolute Gasteiger partial charge is 0.125 e. The predicted molar refractivity (Wildman–Crippen MR) is 81.9 cm³/mol. The number of hydrogen-bond donors (Lipinski definition) is 1. The summed E-state index contributed by atoms with van der Waals surface area (Å²) in [6, 6.07) is 13.5. The lowest BCUT2D eigenvalue weighted by Crippen LogP contribution is -2.04. The van der Waals surface area contributed by atoms with Crippen LogP contribution in [0.2, 0.25) is 0 Å². The van der Waals surface area contributed by atoms with Crippen molar-refractivity contribution in [2.75, 3.05) is 7.11 Å². The van der Waals surface area contributed by atoms with Crippen molar-refractivity contribution in [3.05, 3.63) is 59.2 Å². The molecule has 3 rings (SSSR count). The van der Waals surface area contributed by atoms with Gasteiger partial charge in [0.25, 0.3) is 0 Å². The Morgan fingerprint density at radius 2 is 1.95 bits per heavy atom. The van der Waals surface area contributed by atoms with Crippen molar-refractivity contribution < 1.29 is 14.6 Å². The fourth-order valence-electron chi connectivity index (χ4n) is 2.36. The molecule has 1 fully saturated rings. The molecule has 1 aliphatic rings. The highest BCUT2D eigenvalue weighted by atomic mass is 16.5. The third-order valence-electron chi connectivity index (χ3n) is 3.68. The van der Waals surface area contributed by atoms with Crippen LogP contribution in [0.25, 0.3) is 0 Å². The predicted octanol–water partition coefficient (Wildman–Crippen LogP) is 3.63. The molecular weight excluding hydrogens is 264 g/mol. The number of rotatable bonds is 5. The maximum Gasteiger partial charge on any atom is 0.125 e. The van der Waals surface area contributed by atoms with Gasteiger partial charge in [-0.25, -0.2) is 0 Å². The normalized spacial score (nSPS) is 15.6. The van der Waals surface area contributed by atoms with Crippen LogP contribution in [0.5, 0.6) is 11.5 Å². The molecule has 0 spiro atoms. The molecule has 0 aliphatic heterocycles. The Bertz CT molecular complexity index is 632. The molecule has 3 nitrogen and oxygen atoms in total. The molecule has 1 saturated carbocycles. The summed E-state index contributed by atoms with van der Waals surface area (Å²) in [4.78, 5) is 0. The fourth-order valence-corrected chi connectivity index (χ4v) is 2.36. The highest BCUT2D eigenvalue weighted by Gasteiger charge is 2.24. The van der Waals surface area contributed by atoms with E-state index in [-0.39, 0.29) is 0 Å². The minimum atomic E-state index is -0.719. The molecule has 1 N–H and O–H groups in total. The molecule has 21 heavy (non-hydrogen) atoms. The molecular formula is C18H20O3. The van der Waals surface area contributed by atoms with Gasteiger partial charge in [0.1, 0.15) is 17.6 Å². The Morgan fingerprint density at radius 1 is 1.14 bits per heavy atom. The highest BCUT2D eigenvalue weighted by Crippen LogP contribution is 2.33. The lowest BCUT2D eigenvalue weighted by atomic mass is 9.99. The zero-order chi connectivity index (χ0) is 14.8. The van der Waals surface area contributed by atoms with Crippen molar-refractivity contribution in [1.29, 1.82) is 0 Å². The Hall–Kier alpha value is -2.00. The first kappa shape index (κ1) is 14.0. The monoisotopic (exact) mass is 284 g/mol. The lowest BCUT2D eigenvalue weighted by molar-refractivity contribution is 0.213. The van der Waals surface area contributed by atoms with Crippen LogP contribution in [0.15, 0.2) is 42.5 Å². The van der Waals surface area contributed by atoms with Crippen molar-refractivity contribution >= 4 is 0 Å². The van der Waals surface area contributed by atoms with E-state index in [0.29, 0.717) is 11.9 Å². The average Bonchev–Trinajstić information content (AvgIpc) is 3.30. The summed E-state index contributed by atoms with van der Waals surface area (Å²) in [7, 11) is 1.62. The van der Waals surface area contributed by atoms with Gasteiger partial charge < -0.3 is 14.6 Å². The Balaban J connectivity index is 1.88. The van der Waals surface area contributed by atoms with Crippen LogP contribution in [0.1, 0.15) is 35.6 Å². The van der Waals surface area contributed by atoms with E-state index < -0.39 is 6.10 Å². The van der Waals surface area contributed by atoms with Crippen molar-refractivity contribution in [1.82, 2.24) is 0 Å². The van der Waals surface area contributed by atoms with Crippen LogP contribution in [0.3, 0.4) is 0 Å². The number of hydrogen-bond acceptors (Lipinski definition) is 3. The van der Waals surface area contributed by atoms with Gasteiger partial charge in [-0.15, -0.1) is 0 Å². The van der Waals surface area contributed by atoms with E-state index in [2.05, 4.69) is 0 Å². The summed E-state index contributed by atoms with van der Waals surface area (Å²) in [5, 5.41) is 10.6. The van der Waals surface area contributed by atoms with Gasteiger partial charge in [-0.2, -0.15) is 0 Å². The van der Waals surface area contributed by atoms with Crippen LogP contribution in [0.4, 0.5) is 0 Å². The number of aliphatic hydroxyl groups excluding tert-OH is 1. The number of methoxy groups -OCH3 is 1. The van der Waals surface area contributed by atoms with Crippen LogP contribution in [0, 0.1) is 6.92 Å². The maximum atomic E-state index is 10.6. The number of ether oxygens (including phenoxy) is 2. The fraction of sp³-hybridized carbons (Fsp3) is 0.333. The molecule has 0 bridgehead atoms. The molecule has 0 radical (unpaired) electrons. The molecule has 1 aliphatic carbocycles. The molecule has 0 amide bonds. The second-order valence-corrected chi connectivity index (χ2v) is 5.54. The van der Waals surface area contributed by atoms with Gasteiger partial charge in [0.2, 0.25) is 0 Å². The SMILES string of the molecule is COc1cc(C)ccc1C(O)c1cccc(OC2CC2)c1. The topological polar surface area (TPSA) is 38.7 Å². The van der Waals surface area contributed by atoms with Crippen molar-refractivity contribution in [3.8, 4) is 11.5 Å². The van der Waals surface area contributed by atoms with E-state index in [1.165, 1.54) is 0 Å². The average molecular weight is 284 g/mol. The quantitative estimate of drug-likeness (QED) is 0.911. The van der Waals surface area contributed by atoms with Gasteiger partial charge in [-0.3, -0.25) is 0 Å². The van der Waals surface area contributed by atoms with E-state index in [1.54, 1.807) is 7.11 Å². The van der Waals surface area contributed by atoms with Gasteiger partial charge >= 0.3 is 0 Å². The van der Waals surface area contributed by atoms with Crippen molar-refractivity contribution in [2.24, 2.45) is 0 Å². The largest absolute Gasteiger partial charge is 0.496 e. The summed E-state index contributed by atoms with van der Waals surface area (Å²) < 4.78 is 11.2. The number of benzene rings is 2. The zero-order valence-electron chi connectivity index (χ0n) is 12.4. The maximum absolute atomic E-state index is 10.6. The Kier molecular flexibility index (Phi) is 3.84. The first-order chi connectivity index (χ1) is 10.2. The van der Waals surface area contributed by atoms with Gasteiger partial charge in [-0.1, -0.05) is 24.3 Å². The van der Waals surface area contributed by atoms with E-state index >= 15 is 0 Å². The molecule has 1 unspecified atom stereocenters. The summed E-state index contributed by atoms with van der Waals surface area (Å²) in [6.45, 7) is 2.00. The van der Waals surface area contributed by atoms with E-state index in [0.717, 1.165) is 35.3 Å². The second-order valence-electron chi connectivity index (χ2n) is 5.54. The molecule has 0 heterocycles. The van der Waals surface area contributed by atoms with Crippen LogP contribution in [-0.4, -0.2) is 18.3 Å². The van der Waals surface area contributed by atoms with E-state index in [4.69, 9.17) is 9.47 Å². The summed E-state index contributed by atoms with van der Waals surface area (Å²) in [6.07, 6.45) is 1.88. The Morgan fingerprint density at radius 3 is 2.67 bits per heavy atom. The minimum Gasteiger partial charge on any atom is -0.496 e. The van der Waals surface area contributed by atoms with Gasteiger partial charge in [0, 0.05) is 5.56 Å². The molecule has 0 aromatic heterocycles. The second kappa shape index (κ2) is 5.78. The third-order valence-corrected chi connectivity index (χ3v) is 3.68. The molecule has 3 heteroatoms. The van der Waals surface area contributed by atoms with Crippen LogP contribution >= 0.6 is 0 Å². The molecule has 2 aromatic carbocycles.